The van der Waals surface area contributed by atoms with Crippen LogP contribution in [0, 0.1) is 34.0 Å². The van der Waals surface area contributed by atoms with Crippen molar-refractivity contribution in [3.8, 4) is 0 Å². The van der Waals surface area contributed by atoms with Crippen molar-refractivity contribution in [1.82, 2.24) is 0 Å². The van der Waals surface area contributed by atoms with Crippen LogP contribution >= 0.6 is 0 Å². The lowest BCUT2D eigenvalue weighted by molar-refractivity contribution is -0.477. The topological polar surface area (TPSA) is 96.2 Å². The van der Waals surface area contributed by atoms with Crippen molar-refractivity contribution >= 4 is 5.78 Å². The number of hydrogen-bond acceptors (Lipinski definition) is 6. The van der Waals surface area contributed by atoms with Gasteiger partial charge < -0.3 is 24.8 Å². The lowest BCUT2D eigenvalue weighted by atomic mass is 9.34. The van der Waals surface area contributed by atoms with E-state index in [2.05, 4.69) is 20.4 Å². The Morgan fingerprint density at radius 3 is 2.50 bits per heavy atom. The second kappa shape index (κ2) is 5.27. The summed E-state index contributed by atoms with van der Waals surface area (Å²) >= 11 is 0. The number of aliphatic hydroxyl groups is 3. The first-order chi connectivity index (χ1) is 13.0. The van der Waals surface area contributed by atoms with Crippen molar-refractivity contribution in [2.45, 2.75) is 76.7 Å². The fraction of sp³-hybridized carbons (Fsp3) is 0.864. The summed E-state index contributed by atoms with van der Waals surface area (Å²) in [5.41, 5.74) is -2.13. The molecule has 6 rings (SSSR count). The van der Waals surface area contributed by atoms with Crippen LogP contribution in [0.3, 0.4) is 0 Å². The van der Waals surface area contributed by atoms with Crippen molar-refractivity contribution in [3.63, 3.8) is 0 Å². The van der Waals surface area contributed by atoms with Crippen molar-refractivity contribution in [1.29, 1.82) is 0 Å². The van der Waals surface area contributed by atoms with Gasteiger partial charge in [0, 0.05) is 24.4 Å². The van der Waals surface area contributed by atoms with Gasteiger partial charge in [0.15, 0.2) is 5.78 Å². The molecule has 3 N–H and O–H groups in total. The molecule has 6 fully saturated rings. The predicted octanol–water partition coefficient (Wildman–Crippen LogP) is 1.42. The van der Waals surface area contributed by atoms with Crippen LogP contribution in [0.2, 0.25) is 0 Å². The van der Waals surface area contributed by atoms with Crippen LogP contribution in [0.1, 0.15) is 46.5 Å². The summed E-state index contributed by atoms with van der Waals surface area (Å²) in [5, 5.41) is 34.8. The van der Waals surface area contributed by atoms with Gasteiger partial charge in [0.1, 0.15) is 11.5 Å². The molecule has 2 aliphatic heterocycles. The molecule has 2 heterocycles. The second-order valence-corrected chi connectivity index (χ2v) is 10.5. The normalized spacial score (nSPS) is 59.2. The maximum atomic E-state index is 13.6. The number of carbonyl (C=O) groups is 1. The fourth-order valence-corrected chi connectivity index (χ4v) is 8.67. The van der Waals surface area contributed by atoms with Gasteiger partial charge in [-0.25, -0.2) is 0 Å². The Bertz CT molecular complexity index is 762. The number of carbonyl (C=O) groups excluding carboxylic acids is 1. The third-order valence-electron chi connectivity index (χ3n) is 9.53. The SMILES string of the molecule is C=C1C(=O)[C@@]23C(O)[C@@H]1CCC2[C@@]12C(OC)CCC(C)(C)C1[C@H](O)C3(O)O[C@@H]2C. The van der Waals surface area contributed by atoms with Gasteiger partial charge in [-0.3, -0.25) is 4.79 Å². The minimum Gasteiger partial charge on any atom is -0.391 e. The monoisotopic (exact) mass is 392 g/mol. The average Bonchev–Trinajstić information content (AvgIpc) is 2.73. The second-order valence-electron chi connectivity index (χ2n) is 10.5. The molecule has 6 nitrogen and oxygen atoms in total. The van der Waals surface area contributed by atoms with E-state index in [4.69, 9.17) is 9.47 Å². The Labute approximate surface area is 165 Å². The molecule has 0 aromatic heterocycles. The van der Waals surface area contributed by atoms with Gasteiger partial charge in [0.25, 0.3) is 0 Å². The highest BCUT2D eigenvalue weighted by Crippen LogP contribution is 2.78. The Kier molecular flexibility index (Phi) is 3.61. The average molecular weight is 392 g/mol. The minimum absolute atomic E-state index is 0.215. The molecule has 4 bridgehead atoms. The zero-order valence-electron chi connectivity index (χ0n) is 17.1. The lowest BCUT2D eigenvalue weighted by Gasteiger charge is -2.76. The Hall–Kier alpha value is -0.790. The van der Waals surface area contributed by atoms with E-state index < -0.39 is 34.9 Å². The largest absolute Gasteiger partial charge is 0.391 e. The summed E-state index contributed by atoms with van der Waals surface area (Å²) in [6.45, 7) is 10.1. The molecule has 0 amide bonds. The number of fused-ring (bicyclic) bond motifs is 2. The zero-order valence-corrected chi connectivity index (χ0v) is 17.1. The molecular formula is C22H32O6. The van der Waals surface area contributed by atoms with Gasteiger partial charge >= 0.3 is 0 Å². The van der Waals surface area contributed by atoms with Crippen molar-refractivity contribution in [2.75, 3.05) is 7.11 Å². The van der Waals surface area contributed by atoms with Gasteiger partial charge in [-0.05, 0) is 49.5 Å². The van der Waals surface area contributed by atoms with Gasteiger partial charge in [0.05, 0.1) is 18.3 Å². The summed E-state index contributed by atoms with van der Waals surface area (Å²) < 4.78 is 12.1. The summed E-state index contributed by atoms with van der Waals surface area (Å²) in [4.78, 5) is 13.6. The third-order valence-corrected chi connectivity index (χ3v) is 9.53. The molecule has 2 spiro atoms. The number of ketones is 1. The number of hydrogen-bond donors (Lipinski definition) is 3. The lowest BCUT2D eigenvalue weighted by Crippen LogP contribution is -2.87. The first-order valence-electron chi connectivity index (χ1n) is 10.6. The highest BCUT2D eigenvalue weighted by molar-refractivity contribution is 6.05. The molecule has 0 aromatic rings. The van der Waals surface area contributed by atoms with Crippen LogP contribution in [0.5, 0.6) is 0 Å². The van der Waals surface area contributed by atoms with Crippen LogP contribution in [0.15, 0.2) is 12.2 Å². The first kappa shape index (κ1) is 19.2. The molecular weight excluding hydrogens is 360 g/mol. The molecule has 4 saturated carbocycles. The third kappa shape index (κ3) is 1.60. The molecule has 6 heteroatoms. The quantitative estimate of drug-likeness (QED) is 0.584. The Balaban J connectivity index is 1.84. The molecule has 2 saturated heterocycles. The molecule has 10 atom stereocenters. The highest BCUT2D eigenvalue weighted by atomic mass is 16.7. The van der Waals surface area contributed by atoms with Gasteiger partial charge in [-0.1, -0.05) is 20.4 Å². The van der Waals surface area contributed by atoms with E-state index in [1.165, 1.54) is 0 Å². The molecule has 0 radical (unpaired) electrons. The van der Waals surface area contributed by atoms with E-state index in [9.17, 15) is 20.1 Å². The number of methoxy groups -OCH3 is 1. The summed E-state index contributed by atoms with van der Waals surface area (Å²) in [6.07, 6.45) is -0.0216. The Morgan fingerprint density at radius 2 is 1.86 bits per heavy atom. The highest BCUT2D eigenvalue weighted by Gasteiger charge is 2.88. The number of Topliss-reactive ketones (excluding diaryl/α,β-unsaturated/α-hetero) is 1. The van der Waals surface area contributed by atoms with Gasteiger partial charge in [0.2, 0.25) is 5.79 Å². The molecule has 6 aliphatic rings. The van der Waals surface area contributed by atoms with Crippen molar-refractivity contribution in [3.05, 3.63) is 12.2 Å². The van der Waals surface area contributed by atoms with Crippen LogP contribution in [-0.4, -0.2) is 58.4 Å². The minimum atomic E-state index is -2.12. The van der Waals surface area contributed by atoms with E-state index >= 15 is 0 Å². The molecule has 5 unspecified atom stereocenters. The van der Waals surface area contributed by atoms with E-state index in [-0.39, 0.29) is 35.1 Å². The van der Waals surface area contributed by atoms with Crippen molar-refractivity contribution in [2.24, 2.45) is 34.0 Å². The maximum absolute atomic E-state index is 13.6. The standard InChI is InChI=1S/C22H32O6/c1-10-12-6-7-13-20-11(2)28-22(26,21(13,16(10)23)17(12)24)18(25)15(20)19(3,4)9-8-14(20)27-5/h11-15,17-18,24-26H,1,6-9H2,2-5H3/t11-,12-,13?,14?,15?,17?,18+,20+,21-,22?/m1/s1. The number of aliphatic hydroxyl groups excluding tert-OH is 2. The van der Waals surface area contributed by atoms with Crippen LogP contribution < -0.4 is 0 Å². The first-order valence-corrected chi connectivity index (χ1v) is 10.6. The van der Waals surface area contributed by atoms with E-state index in [1.807, 2.05) is 6.92 Å². The fourth-order valence-electron chi connectivity index (χ4n) is 8.67. The van der Waals surface area contributed by atoms with E-state index in [0.717, 1.165) is 12.8 Å². The maximum Gasteiger partial charge on any atom is 0.208 e. The summed E-state index contributed by atoms with van der Waals surface area (Å²) in [7, 11) is 1.67. The van der Waals surface area contributed by atoms with Crippen LogP contribution in [0.25, 0.3) is 0 Å². The Morgan fingerprint density at radius 1 is 1.18 bits per heavy atom. The molecule has 156 valence electrons. The smallest absolute Gasteiger partial charge is 0.208 e. The van der Waals surface area contributed by atoms with E-state index in [0.29, 0.717) is 18.4 Å². The van der Waals surface area contributed by atoms with Crippen LogP contribution in [0.4, 0.5) is 0 Å². The van der Waals surface area contributed by atoms with Crippen LogP contribution in [-0.2, 0) is 14.3 Å². The van der Waals surface area contributed by atoms with Crippen molar-refractivity contribution < 1.29 is 29.6 Å². The van der Waals surface area contributed by atoms with Gasteiger partial charge in [-0.2, -0.15) is 0 Å². The summed E-state index contributed by atoms with van der Waals surface area (Å²) in [6, 6.07) is 0. The number of rotatable bonds is 1. The predicted molar refractivity (Wildman–Crippen MR) is 100 cm³/mol. The zero-order chi connectivity index (χ0) is 20.4. The molecule has 28 heavy (non-hydrogen) atoms. The molecule has 0 aromatic carbocycles. The molecule has 4 aliphatic carbocycles. The van der Waals surface area contributed by atoms with E-state index in [1.54, 1.807) is 7.11 Å². The summed E-state index contributed by atoms with van der Waals surface area (Å²) in [5.74, 6) is -3.47. The van der Waals surface area contributed by atoms with Gasteiger partial charge in [-0.15, -0.1) is 0 Å². The number of ether oxygens (including phenoxy) is 2.